The first-order chi connectivity index (χ1) is 17.2. The van der Waals surface area contributed by atoms with E-state index >= 15 is 0 Å². The smallest absolute Gasteiger partial charge is 0.291 e. The van der Waals surface area contributed by atoms with Crippen LogP contribution in [0.1, 0.15) is 59.6 Å². The maximum absolute atomic E-state index is 14.3. The molecule has 3 aromatic rings. The molecule has 2 heterocycles. The van der Waals surface area contributed by atoms with Crippen LogP contribution in [-0.4, -0.2) is 44.2 Å². The zero-order chi connectivity index (χ0) is 27.3. The number of allylic oxidation sites excluding steroid dienone is 1. The summed E-state index contributed by atoms with van der Waals surface area (Å²) in [7, 11) is 1.75. The van der Waals surface area contributed by atoms with Crippen LogP contribution in [0.3, 0.4) is 0 Å². The Balaban J connectivity index is 1.65. The van der Waals surface area contributed by atoms with Gasteiger partial charge in [0.1, 0.15) is 5.82 Å². The van der Waals surface area contributed by atoms with E-state index in [1.54, 1.807) is 49.4 Å². The summed E-state index contributed by atoms with van der Waals surface area (Å²) in [5, 5.41) is 11.0. The van der Waals surface area contributed by atoms with Crippen molar-refractivity contribution in [3.8, 4) is 0 Å². The molecule has 1 aliphatic rings. The fourth-order valence-corrected chi connectivity index (χ4v) is 5.60. The zero-order valence-electron chi connectivity index (χ0n) is 21.4. The highest BCUT2D eigenvalue weighted by Gasteiger charge is 2.33. The number of carbonyl (C=O) groups is 1. The van der Waals surface area contributed by atoms with Gasteiger partial charge in [-0.3, -0.25) is 4.79 Å². The normalized spacial score (nSPS) is 15.4. The van der Waals surface area contributed by atoms with E-state index in [2.05, 4.69) is 11.6 Å². The minimum Gasteiger partial charge on any atom is -0.390 e. The summed E-state index contributed by atoms with van der Waals surface area (Å²) < 4.78 is 30.4. The number of halogens is 4. The highest BCUT2D eigenvalue weighted by molar-refractivity contribution is 6.38. The summed E-state index contributed by atoms with van der Waals surface area (Å²) >= 11 is 13.3. The van der Waals surface area contributed by atoms with Gasteiger partial charge in [0.05, 0.1) is 27.2 Å². The van der Waals surface area contributed by atoms with Crippen molar-refractivity contribution < 1.29 is 18.7 Å². The molecule has 37 heavy (non-hydrogen) atoms. The van der Waals surface area contributed by atoms with Crippen LogP contribution in [0, 0.1) is 12.8 Å². The lowest BCUT2D eigenvalue weighted by molar-refractivity contribution is -0.0108. The van der Waals surface area contributed by atoms with E-state index in [-0.39, 0.29) is 28.8 Å². The fraction of sp³-hybridized carbons (Fsp3) is 0.429. The molecule has 0 aliphatic carbocycles. The number of alkyl halides is 2. The second-order valence-corrected chi connectivity index (χ2v) is 11.1. The third kappa shape index (κ3) is 5.27. The van der Waals surface area contributed by atoms with Crippen molar-refractivity contribution in [2.75, 3.05) is 13.1 Å². The molecule has 1 amide bonds. The summed E-state index contributed by atoms with van der Waals surface area (Å²) in [4.78, 5) is 19.8. The van der Waals surface area contributed by atoms with Crippen LogP contribution in [0.25, 0.3) is 11.0 Å². The van der Waals surface area contributed by atoms with Crippen molar-refractivity contribution >= 4 is 40.1 Å². The Morgan fingerprint density at radius 2 is 1.89 bits per heavy atom. The molecule has 1 aromatic heterocycles. The minimum atomic E-state index is -3.16. The van der Waals surface area contributed by atoms with Gasteiger partial charge in [-0.15, -0.1) is 0 Å². The average Bonchev–Trinajstić information content (AvgIpc) is 3.16. The molecule has 198 valence electrons. The molecule has 5 nitrogen and oxygen atoms in total. The van der Waals surface area contributed by atoms with Gasteiger partial charge in [-0.2, -0.15) is 8.78 Å². The van der Waals surface area contributed by atoms with Crippen molar-refractivity contribution in [2.45, 2.75) is 51.6 Å². The van der Waals surface area contributed by atoms with E-state index in [1.165, 1.54) is 12.1 Å². The largest absolute Gasteiger partial charge is 0.390 e. The van der Waals surface area contributed by atoms with Gasteiger partial charge in [0, 0.05) is 37.1 Å². The number of carbonyl (C=O) groups excluding carboxylic acids is 1. The monoisotopic (exact) mass is 549 g/mol. The summed E-state index contributed by atoms with van der Waals surface area (Å²) in [5.41, 5.74) is 1.74. The highest BCUT2D eigenvalue weighted by atomic mass is 35.5. The van der Waals surface area contributed by atoms with Gasteiger partial charge in [0.2, 0.25) is 0 Å². The van der Waals surface area contributed by atoms with Gasteiger partial charge in [-0.1, -0.05) is 29.8 Å². The lowest BCUT2D eigenvalue weighted by Crippen LogP contribution is -2.44. The minimum absolute atomic E-state index is 0.126. The van der Waals surface area contributed by atoms with Crippen LogP contribution in [0.2, 0.25) is 10.0 Å². The third-order valence-electron chi connectivity index (χ3n) is 7.44. The number of hydrogen-bond acceptors (Lipinski definition) is 3. The molecule has 1 fully saturated rings. The summed E-state index contributed by atoms with van der Waals surface area (Å²) in [6, 6.07) is 6.11. The van der Waals surface area contributed by atoms with E-state index in [0.717, 1.165) is 0 Å². The number of piperidine rings is 1. The molecule has 0 radical (unpaired) electrons. The van der Waals surface area contributed by atoms with Gasteiger partial charge in [-0.25, -0.2) is 4.98 Å². The third-order valence-corrected chi connectivity index (χ3v) is 8.23. The second kappa shape index (κ2) is 10.0. The number of imidazole rings is 1. The Kier molecular flexibility index (Phi) is 7.45. The molecule has 4 rings (SSSR count). The molecule has 0 atom stereocenters. The lowest BCUT2D eigenvalue weighted by atomic mass is 9.83. The number of aromatic nitrogens is 2. The molecule has 1 N–H and O–H groups in total. The average molecular weight is 550 g/mol. The van der Waals surface area contributed by atoms with Gasteiger partial charge >= 0.3 is 0 Å². The standard InChI is InChI=1S/C28H31Cl2F2N3O2/c1-6-28(31,32)18-13-16(2)25-22(14-18)34(5)23(33-25)15-20-21(29)8-7-19(24(20)30)26(36)35-11-9-17(10-12-35)27(3,4)37/h6-8,13-14,17,37H,1,9-12,15H2,2-5H3. The number of rotatable bonds is 6. The Bertz CT molecular complexity index is 1370. The molecule has 0 saturated carbocycles. The molecule has 1 saturated heterocycles. The molecule has 0 unspecified atom stereocenters. The Labute approximate surface area is 225 Å². The van der Waals surface area contributed by atoms with Crippen molar-refractivity contribution in [1.29, 1.82) is 0 Å². The number of fused-ring (bicyclic) bond motifs is 1. The van der Waals surface area contributed by atoms with Crippen molar-refractivity contribution in [3.63, 3.8) is 0 Å². The first kappa shape index (κ1) is 27.6. The molecular formula is C28H31Cl2F2N3O2. The fourth-order valence-electron chi connectivity index (χ4n) is 5.02. The summed E-state index contributed by atoms with van der Waals surface area (Å²) in [6.45, 7) is 9.64. The number of aryl methyl sites for hydroxylation is 2. The topological polar surface area (TPSA) is 58.4 Å². The van der Waals surface area contributed by atoms with Gasteiger partial charge in [0.25, 0.3) is 11.8 Å². The van der Waals surface area contributed by atoms with E-state index in [1.807, 2.05) is 0 Å². The van der Waals surface area contributed by atoms with Gasteiger partial charge < -0.3 is 14.6 Å². The quantitative estimate of drug-likeness (QED) is 0.349. The number of likely N-dealkylation sites (tertiary alicyclic amines) is 1. The highest BCUT2D eigenvalue weighted by Crippen LogP contribution is 2.36. The Morgan fingerprint density at radius 3 is 2.49 bits per heavy atom. The number of amides is 1. The lowest BCUT2D eigenvalue weighted by Gasteiger charge is -2.38. The molecular weight excluding hydrogens is 519 g/mol. The van der Waals surface area contributed by atoms with E-state index in [9.17, 15) is 18.7 Å². The number of aliphatic hydroxyl groups is 1. The van der Waals surface area contributed by atoms with Crippen molar-refractivity contribution in [3.05, 3.63) is 75.0 Å². The van der Waals surface area contributed by atoms with Crippen LogP contribution in [0.15, 0.2) is 36.9 Å². The molecule has 9 heteroatoms. The van der Waals surface area contributed by atoms with E-state index in [0.29, 0.717) is 70.6 Å². The van der Waals surface area contributed by atoms with Crippen LogP contribution >= 0.6 is 23.2 Å². The van der Waals surface area contributed by atoms with Crippen LogP contribution in [-0.2, 0) is 19.4 Å². The number of nitrogens with zero attached hydrogens (tertiary/aromatic N) is 3. The maximum Gasteiger partial charge on any atom is 0.291 e. The van der Waals surface area contributed by atoms with Gasteiger partial charge in [0.15, 0.2) is 0 Å². The van der Waals surface area contributed by atoms with E-state index in [4.69, 9.17) is 23.2 Å². The maximum atomic E-state index is 14.3. The predicted octanol–water partition coefficient (Wildman–Crippen LogP) is 6.68. The van der Waals surface area contributed by atoms with Crippen LogP contribution in [0.4, 0.5) is 8.78 Å². The Morgan fingerprint density at radius 1 is 1.24 bits per heavy atom. The SMILES string of the molecule is C=CC(F)(F)c1cc(C)c2nc(Cc3c(Cl)ccc(C(=O)N4CCC(C(C)(C)O)CC4)c3Cl)n(C)c2c1. The number of benzene rings is 2. The van der Waals surface area contributed by atoms with Crippen LogP contribution in [0.5, 0.6) is 0 Å². The molecule has 2 aromatic carbocycles. The first-order valence-electron chi connectivity index (χ1n) is 12.2. The first-order valence-corrected chi connectivity index (χ1v) is 13.0. The Hall–Kier alpha value is -2.48. The molecule has 0 bridgehead atoms. The zero-order valence-corrected chi connectivity index (χ0v) is 22.9. The van der Waals surface area contributed by atoms with Crippen LogP contribution < -0.4 is 0 Å². The second-order valence-electron chi connectivity index (χ2n) is 10.4. The molecule has 0 spiro atoms. The van der Waals surface area contributed by atoms with Crippen molar-refractivity contribution in [2.24, 2.45) is 13.0 Å². The summed E-state index contributed by atoms with van der Waals surface area (Å²) in [6.07, 6.45) is 2.26. The predicted molar refractivity (Wildman–Crippen MR) is 144 cm³/mol. The van der Waals surface area contributed by atoms with E-state index < -0.39 is 11.5 Å². The van der Waals surface area contributed by atoms with Crippen molar-refractivity contribution in [1.82, 2.24) is 14.5 Å². The number of hydrogen-bond donors (Lipinski definition) is 1. The van der Waals surface area contributed by atoms with Gasteiger partial charge in [-0.05, 0) is 81.0 Å². The molecule has 1 aliphatic heterocycles. The summed E-state index contributed by atoms with van der Waals surface area (Å²) in [5.74, 6) is -2.64.